The second kappa shape index (κ2) is 9.20. The Morgan fingerprint density at radius 2 is 1.79 bits per heavy atom. The van der Waals surface area contributed by atoms with Crippen molar-refractivity contribution in [3.05, 3.63) is 70.2 Å². The first-order valence-corrected chi connectivity index (χ1v) is 8.22. The first kappa shape index (κ1) is 18.2. The zero-order valence-electron chi connectivity index (χ0n) is 12.9. The molecule has 0 aliphatic heterocycles. The topological polar surface area (TPSA) is 75.6 Å². The number of halogens is 1. The third kappa shape index (κ3) is 6.14. The largest absolute Gasteiger partial charge is 0.480 e. The lowest BCUT2D eigenvalue weighted by molar-refractivity contribution is -0.142. The standard InChI is InChI=1S/C18H18BrNO4/c19-15-8-4-7-14(9-15)10-16(18(22)23)20-17(21)12-24-11-13-5-2-1-3-6-13/h1-9,16H,10-12H2,(H,20,21)(H,22,23)/t16-/m0/s1. The van der Waals surface area contributed by atoms with Crippen molar-refractivity contribution in [1.29, 1.82) is 0 Å². The molecule has 0 aromatic heterocycles. The van der Waals surface area contributed by atoms with Crippen LogP contribution in [0.2, 0.25) is 0 Å². The Labute approximate surface area is 148 Å². The van der Waals surface area contributed by atoms with Crippen molar-refractivity contribution >= 4 is 27.8 Å². The van der Waals surface area contributed by atoms with Crippen molar-refractivity contribution < 1.29 is 19.4 Å². The van der Waals surface area contributed by atoms with Gasteiger partial charge in [-0.05, 0) is 23.3 Å². The summed E-state index contributed by atoms with van der Waals surface area (Å²) in [6, 6.07) is 15.8. The number of carbonyl (C=O) groups is 2. The Balaban J connectivity index is 1.83. The number of hydrogen-bond acceptors (Lipinski definition) is 3. The van der Waals surface area contributed by atoms with Crippen LogP contribution in [0.1, 0.15) is 11.1 Å². The van der Waals surface area contributed by atoms with Gasteiger partial charge in [0.05, 0.1) is 6.61 Å². The fourth-order valence-electron chi connectivity index (χ4n) is 2.17. The van der Waals surface area contributed by atoms with E-state index in [-0.39, 0.29) is 13.0 Å². The Hall–Kier alpha value is -2.18. The number of carboxylic acids is 1. The molecule has 1 amide bonds. The summed E-state index contributed by atoms with van der Waals surface area (Å²) >= 11 is 3.34. The van der Waals surface area contributed by atoms with Crippen LogP contribution in [0.3, 0.4) is 0 Å². The fraction of sp³-hybridized carbons (Fsp3) is 0.222. The third-order valence-electron chi connectivity index (χ3n) is 3.31. The summed E-state index contributed by atoms with van der Waals surface area (Å²) in [6.45, 7) is 0.120. The van der Waals surface area contributed by atoms with Gasteiger partial charge < -0.3 is 15.2 Å². The molecule has 2 aromatic rings. The van der Waals surface area contributed by atoms with Crippen molar-refractivity contribution in [2.75, 3.05) is 6.61 Å². The molecule has 0 saturated carbocycles. The van der Waals surface area contributed by atoms with Crippen molar-refractivity contribution in [3.63, 3.8) is 0 Å². The molecule has 0 fully saturated rings. The van der Waals surface area contributed by atoms with Gasteiger partial charge in [0.15, 0.2) is 0 Å². The molecule has 2 N–H and O–H groups in total. The summed E-state index contributed by atoms with van der Waals surface area (Å²) in [4.78, 5) is 23.2. The van der Waals surface area contributed by atoms with Crippen LogP contribution in [-0.2, 0) is 27.4 Å². The van der Waals surface area contributed by atoms with E-state index in [1.165, 1.54) is 0 Å². The van der Waals surface area contributed by atoms with Crippen LogP contribution >= 0.6 is 15.9 Å². The second-order valence-corrected chi connectivity index (χ2v) is 6.19. The van der Waals surface area contributed by atoms with E-state index in [0.29, 0.717) is 6.61 Å². The van der Waals surface area contributed by atoms with Crippen LogP contribution in [0.15, 0.2) is 59.1 Å². The van der Waals surface area contributed by atoms with E-state index in [1.807, 2.05) is 54.6 Å². The maximum atomic E-state index is 11.9. The van der Waals surface area contributed by atoms with Gasteiger partial charge in [-0.15, -0.1) is 0 Å². The Kier molecular flexibility index (Phi) is 6.96. The van der Waals surface area contributed by atoms with Crippen LogP contribution in [-0.4, -0.2) is 29.6 Å². The summed E-state index contributed by atoms with van der Waals surface area (Å²) in [5, 5.41) is 11.8. The predicted octanol–water partition coefficient (Wildman–Crippen LogP) is 2.78. The zero-order chi connectivity index (χ0) is 17.4. The molecule has 126 valence electrons. The highest BCUT2D eigenvalue weighted by atomic mass is 79.9. The summed E-state index contributed by atoms with van der Waals surface area (Å²) in [5.41, 5.74) is 1.77. The number of carboxylic acid groups (broad SMARTS) is 1. The number of hydrogen-bond donors (Lipinski definition) is 2. The minimum absolute atomic E-state index is 0.183. The van der Waals surface area contributed by atoms with Gasteiger partial charge in [0.1, 0.15) is 12.6 Å². The molecule has 0 bridgehead atoms. The molecule has 6 heteroatoms. The van der Waals surface area contributed by atoms with Gasteiger partial charge in [-0.1, -0.05) is 58.4 Å². The van der Waals surface area contributed by atoms with Gasteiger partial charge in [0, 0.05) is 10.9 Å². The molecule has 1 atom stereocenters. The molecule has 5 nitrogen and oxygen atoms in total. The molecule has 24 heavy (non-hydrogen) atoms. The van der Waals surface area contributed by atoms with Crippen LogP contribution in [0.25, 0.3) is 0 Å². The van der Waals surface area contributed by atoms with Gasteiger partial charge >= 0.3 is 5.97 Å². The normalized spacial score (nSPS) is 11.7. The van der Waals surface area contributed by atoms with E-state index in [2.05, 4.69) is 21.2 Å². The lowest BCUT2D eigenvalue weighted by Crippen LogP contribution is -2.43. The number of aliphatic carboxylic acids is 1. The predicted molar refractivity (Wildman–Crippen MR) is 93.5 cm³/mol. The molecule has 0 heterocycles. The average molecular weight is 392 g/mol. The number of benzene rings is 2. The quantitative estimate of drug-likeness (QED) is 0.725. The number of amides is 1. The van der Waals surface area contributed by atoms with E-state index in [1.54, 1.807) is 0 Å². The van der Waals surface area contributed by atoms with Crippen molar-refractivity contribution in [2.24, 2.45) is 0 Å². The Morgan fingerprint density at radius 1 is 1.08 bits per heavy atom. The average Bonchev–Trinajstić information content (AvgIpc) is 2.55. The van der Waals surface area contributed by atoms with E-state index in [9.17, 15) is 14.7 Å². The summed E-state index contributed by atoms with van der Waals surface area (Å²) in [6.07, 6.45) is 0.208. The van der Waals surface area contributed by atoms with Crippen LogP contribution in [0, 0.1) is 0 Å². The first-order valence-electron chi connectivity index (χ1n) is 7.43. The Bertz CT molecular complexity index is 690. The molecule has 0 aliphatic rings. The first-order chi connectivity index (χ1) is 11.5. The zero-order valence-corrected chi connectivity index (χ0v) is 14.5. The maximum absolute atomic E-state index is 11.9. The summed E-state index contributed by atoms with van der Waals surface area (Å²) in [5.74, 6) is -1.53. The molecule has 0 saturated heterocycles. The number of rotatable bonds is 8. The van der Waals surface area contributed by atoms with E-state index >= 15 is 0 Å². The van der Waals surface area contributed by atoms with Crippen LogP contribution in [0.5, 0.6) is 0 Å². The number of carbonyl (C=O) groups excluding carboxylic acids is 1. The van der Waals surface area contributed by atoms with Crippen LogP contribution in [0.4, 0.5) is 0 Å². The van der Waals surface area contributed by atoms with Crippen molar-refractivity contribution in [3.8, 4) is 0 Å². The number of ether oxygens (including phenoxy) is 1. The van der Waals surface area contributed by atoms with Gasteiger partial charge in [0.2, 0.25) is 5.91 Å². The molecular weight excluding hydrogens is 374 g/mol. The van der Waals surface area contributed by atoms with E-state index < -0.39 is 17.9 Å². The molecule has 0 radical (unpaired) electrons. The Morgan fingerprint density at radius 3 is 2.46 bits per heavy atom. The highest BCUT2D eigenvalue weighted by molar-refractivity contribution is 9.10. The fourth-order valence-corrected chi connectivity index (χ4v) is 2.62. The lowest BCUT2D eigenvalue weighted by atomic mass is 10.1. The molecule has 0 aliphatic carbocycles. The van der Waals surface area contributed by atoms with Gasteiger partial charge in [-0.3, -0.25) is 4.79 Å². The SMILES string of the molecule is O=C(COCc1ccccc1)N[C@@H](Cc1cccc(Br)c1)C(=O)O. The van der Waals surface area contributed by atoms with Gasteiger partial charge in [-0.2, -0.15) is 0 Å². The van der Waals surface area contributed by atoms with Gasteiger partial charge in [-0.25, -0.2) is 4.79 Å². The van der Waals surface area contributed by atoms with Crippen molar-refractivity contribution in [1.82, 2.24) is 5.32 Å². The molecular formula is C18H18BrNO4. The second-order valence-electron chi connectivity index (χ2n) is 5.27. The molecule has 0 unspecified atom stereocenters. The molecule has 2 aromatic carbocycles. The van der Waals surface area contributed by atoms with Crippen molar-refractivity contribution in [2.45, 2.75) is 19.1 Å². The highest BCUT2D eigenvalue weighted by Crippen LogP contribution is 2.13. The minimum Gasteiger partial charge on any atom is -0.480 e. The van der Waals surface area contributed by atoms with E-state index in [0.717, 1.165) is 15.6 Å². The smallest absolute Gasteiger partial charge is 0.326 e. The van der Waals surface area contributed by atoms with Crippen LogP contribution < -0.4 is 5.32 Å². The lowest BCUT2D eigenvalue weighted by Gasteiger charge is -2.15. The summed E-state index contributed by atoms with van der Waals surface area (Å²) < 4.78 is 6.18. The number of nitrogens with one attached hydrogen (secondary N) is 1. The van der Waals surface area contributed by atoms with E-state index in [4.69, 9.17) is 4.74 Å². The third-order valence-corrected chi connectivity index (χ3v) is 3.80. The van der Waals surface area contributed by atoms with Gasteiger partial charge in [0.25, 0.3) is 0 Å². The maximum Gasteiger partial charge on any atom is 0.326 e. The molecule has 2 rings (SSSR count). The monoisotopic (exact) mass is 391 g/mol. The summed E-state index contributed by atoms with van der Waals surface area (Å²) in [7, 11) is 0. The highest BCUT2D eigenvalue weighted by Gasteiger charge is 2.20. The molecule has 0 spiro atoms. The minimum atomic E-state index is -1.08.